The molecule has 37 heavy (non-hydrogen) atoms. The monoisotopic (exact) mass is 511 g/mol. The fourth-order valence-corrected chi connectivity index (χ4v) is 8.06. The summed E-state index contributed by atoms with van der Waals surface area (Å²) in [7, 11) is 0. The molecule has 0 saturated heterocycles. The maximum atomic E-state index is 13.2. The fraction of sp³-hybridized carbons (Fsp3) is 0.367. The van der Waals surface area contributed by atoms with Crippen molar-refractivity contribution < 1.29 is 4.79 Å². The van der Waals surface area contributed by atoms with Crippen molar-refractivity contribution in [2.75, 3.05) is 11.1 Å². The summed E-state index contributed by atoms with van der Waals surface area (Å²) in [5.41, 5.74) is 11.1. The van der Waals surface area contributed by atoms with Crippen LogP contribution in [0.1, 0.15) is 65.7 Å². The third kappa shape index (κ3) is 3.98. The lowest BCUT2D eigenvalue weighted by Crippen LogP contribution is -2.67. The van der Waals surface area contributed by atoms with Gasteiger partial charge in [0.15, 0.2) is 0 Å². The predicted molar refractivity (Wildman–Crippen MR) is 146 cm³/mol. The summed E-state index contributed by atoms with van der Waals surface area (Å²) in [6.45, 7) is 0. The van der Waals surface area contributed by atoms with Gasteiger partial charge in [-0.05, 0) is 92.2 Å². The number of hydrogen-bond donors (Lipinski definition) is 3. The molecule has 5 aliphatic carbocycles. The van der Waals surface area contributed by atoms with E-state index in [-0.39, 0.29) is 17.0 Å². The van der Waals surface area contributed by atoms with Crippen molar-refractivity contribution in [2.45, 2.75) is 56.0 Å². The molecule has 2 atom stereocenters. The van der Waals surface area contributed by atoms with Gasteiger partial charge >= 0.3 is 0 Å². The Balaban J connectivity index is 1.16. The third-order valence-corrected chi connectivity index (χ3v) is 9.10. The molecule has 6 nitrogen and oxygen atoms in total. The lowest BCUT2D eigenvalue weighted by molar-refractivity contribution is -0.0238. The molecule has 188 valence electrons. The number of nitrogens with zero attached hydrogens (tertiary/aromatic N) is 2. The van der Waals surface area contributed by atoms with Crippen LogP contribution < -0.4 is 16.4 Å². The Morgan fingerprint density at radius 3 is 2.51 bits per heavy atom. The Labute approximate surface area is 221 Å². The molecule has 3 aromatic rings. The molecule has 4 bridgehead atoms. The van der Waals surface area contributed by atoms with E-state index >= 15 is 0 Å². The van der Waals surface area contributed by atoms with E-state index in [9.17, 15) is 4.79 Å². The van der Waals surface area contributed by atoms with Crippen molar-refractivity contribution in [3.8, 4) is 0 Å². The number of nitrogens with two attached hydrogens (primary N) is 1. The number of halogens is 1. The molecule has 4 fully saturated rings. The first kappa shape index (κ1) is 22.8. The topological polar surface area (TPSA) is 92.9 Å². The van der Waals surface area contributed by atoms with E-state index in [1.807, 2.05) is 0 Å². The van der Waals surface area contributed by atoms with Crippen LogP contribution in [0.25, 0.3) is 5.57 Å². The highest BCUT2D eigenvalue weighted by Crippen LogP contribution is 2.58. The number of fused-ring (bicyclic) bond motifs is 1. The van der Waals surface area contributed by atoms with E-state index < -0.39 is 0 Å². The Morgan fingerprint density at radius 1 is 1.00 bits per heavy atom. The zero-order chi connectivity index (χ0) is 25.2. The molecule has 1 heterocycles. The maximum Gasteiger partial charge on any atom is 0.251 e. The van der Waals surface area contributed by atoms with Crippen molar-refractivity contribution in [3.63, 3.8) is 0 Å². The number of anilines is 2. The second-order valence-corrected chi connectivity index (χ2v) is 12.0. The van der Waals surface area contributed by atoms with Gasteiger partial charge < -0.3 is 16.4 Å². The maximum absolute atomic E-state index is 13.2. The van der Waals surface area contributed by atoms with Crippen LogP contribution in [0.5, 0.6) is 0 Å². The van der Waals surface area contributed by atoms with Gasteiger partial charge in [-0.3, -0.25) is 4.79 Å². The number of rotatable bonds is 5. The Kier molecular flexibility index (Phi) is 5.12. The summed E-state index contributed by atoms with van der Waals surface area (Å²) in [5.74, 6) is 1.76. The van der Waals surface area contributed by atoms with E-state index in [4.69, 9.17) is 22.3 Å². The van der Waals surface area contributed by atoms with Crippen LogP contribution in [0.2, 0.25) is 5.02 Å². The molecule has 7 heteroatoms. The highest BCUT2D eigenvalue weighted by molar-refractivity contribution is 6.32. The van der Waals surface area contributed by atoms with Crippen molar-refractivity contribution in [1.82, 2.24) is 15.3 Å². The molecule has 4 N–H and O–H groups in total. The second kappa shape index (κ2) is 8.32. The second-order valence-electron chi connectivity index (χ2n) is 11.6. The normalized spacial score (nSPS) is 29.1. The van der Waals surface area contributed by atoms with Gasteiger partial charge in [0.1, 0.15) is 0 Å². The number of aromatic nitrogens is 2. The number of nitrogens with one attached hydrogen (secondary N) is 2. The van der Waals surface area contributed by atoms with Crippen LogP contribution in [0.3, 0.4) is 0 Å². The highest BCUT2D eigenvalue weighted by atomic mass is 35.5. The summed E-state index contributed by atoms with van der Waals surface area (Å²) in [6.07, 6.45) is 11.1. The van der Waals surface area contributed by atoms with E-state index in [2.05, 4.69) is 46.0 Å². The number of amides is 1. The first-order valence-electron chi connectivity index (χ1n) is 13.2. The van der Waals surface area contributed by atoms with E-state index in [0.717, 1.165) is 49.8 Å². The van der Waals surface area contributed by atoms with Gasteiger partial charge in [0, 0.05) is 27.9 Å². The Hall–Kier alpha value is -3.38. The van der Waals surface area contributed by atoms with Crippen LogP contribution in [0, 0.1) is 11.8 Å². The number of nitrogen functional groups attached to an aromatic ring is 1. The molecule has 2 aromatic carbocycles. The number of carbonyl (C=O) groups is 1. The molecule has 8 rings (SSSR count). The number of carbonyl (C=O) groups excluding carboxylic acids is 1. The SMILES string of the molecule is Nc1ccc(C(=O)NC23CC4CC(C2)CC(Nc2ncc(Cl)c(C5=CCc6ccccc65)n2)(C4)C3)cc1. The Morgan fingerprint density at radius 2 is 1.73 bits per heavy atom. The number of benzene rings is 2. The van der Waals surface area contributed by atoms with Gasteiger partial charge in [0.05, 0.1) is 16.9 Å². The summed E-state index contributed by atoms with van der Waals surface area (Å²) in [4.78, 5) is 22.8. The van der Waals surface area contributed by atoms with Gasteiger partial charge in [-0.15, -0.1) is 0 Å². The molecule has 0 radical (unpaired) electrons. The summed E-state index contributed by atoms with van der Waals surface area (Å²) in [5, 5.41) is 7.79. The van der Waals surface area contributed by atoms with Crippen LogP contribution in [-0.4, -0.2) is 27.0 Å². The average molecular weight is 512 g/mol. The minimum Gasteiger partial charge on any atom is -0.399 e. The number of allylic oxidation sites excluding steroid dienone is 1. The van der Waals surface area contributed by atoms with Crippen LogP contribution in [0.15, 0.2) is 60.8 Å². The summed E-state index contributed by atoms with van der Waals surface area (Å²) in [6, 6.07) is 15.6. The molecule has 4 saturated carbocycles. The summed E-state index contributed by atoms with van der Waals surface area (Å²) >= 11 is 6.62. The van der Waals surface area contributed by atoms with E-state index in [1.165, 1.54) is 17.5 Å². The molecule has 1 amide bonds. The Bertz CT molecular complexity index is 1420. The zero-order valence-corrected chi connectivity index (χ0v) is 21.4. The van der Waals surface area contributed by atoms with Crippen LogP contribution in [0.4, 0.5) is 11.6 Å². The van der Waals surface area contributed by atoms with Gasteiger partial charge in [-0.2, -0.15) is 0 Å². The lowest BCUT2D eigenvalue weighted by atomic mass is 9.50. The standard InChI is InChI=1S/C30H30ClN5O/c31-25-16-33-28(34-26(25)24-10-7-20-3-1-2-4-23(20)24)36-30-14-18-11-19(15-30)13-29(12-18,17-30)35-27(37)21-5-8-22(32)9-6-21/h1-6,8-10,16,18-19H,7,11-15,17,32H2,(H,35,37)(H,33,34,36). The van der Waals surface area contributed by atoms with Gasteiger partial charge in [-0.25, -0.2) is 9.97 Å². The first-order valence-corrected chi connectivity index (χ1v) is 13.5. The average Bonchev–Trinajstić information content (AvgIpc) is 3.28. The molecule has 2 unspecified atom stereocenters. The molecule has 5 aliphatic rings. The highest BCUT2D eigenvalue weighted by Gasteiger charge is 2.58. The van der Waals surface area contributed by atoms with E-state index in [1.54, 1.807) is 30.5 Å². The lowest BCUT2D eigenvalue weighted by Gasteiger charge is -2.62. The zero-order valence-electron chi connectivity index (χ0n) is 20.6. The van der Waals surface area contributed by atoms with Crippen LogP contribution in [-0.2, 0) is 6.42 Å². The van der Waals surface area contributed by atoms with Gasteiger partial charge in [0.25, 0.3) is 5.91 Å². The fourth-order valence-electron chi connectivity index (χ4n) is 7.86. The van der Waals surface area contributed by atoms with Gasteiger partial charge in [-0.1, -0.05) is 41.9 Å². The minimum absolute atomic E-state index is 0.0195. The van der Waals surface area contributed by atoms with Crippen molar-refractivity contribution >= 4 is 34.7 Å². The quantitative estimate of drug-likeness (QED) is 0.386. The molecule has 1 aromatic heterocycles. The molecular weight excluding hydrogens is 482 g/mol. The van der Waals surface area contributed by atoms with Gasteiger partial charge in [0.2, 0.25) is 5.95 Å². The smallest absolute Gasteiger partial charge is 0.251 e. The predicted octanol–water partition coefficient (Wildman–Crippen LogP) is 5.63. The van der Waals surface area contributed by atoms with E-state index in [0.29, 0.717) is 34.1 Å². The molecule has 0 spiro atoms. The molecule has 0 aliphatic heterocycles. The third-order valence-electron chi connectivity index (χ3n) is 8.82. The van der Waals surface area contributed by atoms with Crippen LogP contribution >= 0.6 is 11.6 Å². The minimum atomic E-state index is -0.211. The van der Waals surface area contributed by atoms with Crippen molar-refractivity contribution in [2.24, 2.45) is 11.8 Å². The first-order chi connectivity index (χ1) is 17.9. The number of hydrogen-bond acceptors (Lipinski definition) is 5. The summed E-state index contributed by atoms with van der Waals surface area (Å²) < 4.78 is 0. The van der Waals surface area contributed by atoms with Crippen molar-refractivity contribution in [1.29, 1.82) is 0 Å². The molecular formula is C30H30ClN5O. The van der Waals surface area contributed by atoms with Crippen molar-refractivity contribution in [3.05, 3.63) is 88.2 Å². The largest absolute Gasteiger partial charge is 0.399 e.